The maximum Gasteiger partial charge on any atom is 0.417 e. The number of halogens is 4. The maximum absolute atomic E-state index is 14.8. The van der Waals surface area contributed by atoms with Gasteiger partial charge in [-0.25, -0.2) is 0 Å². The number of aliphatic imine (C=N–C) groups is 1. The van der Waals surface area contributed by atoms with Gasteiger partial charge in [0.25, 0.3) is 0 Å². The zero-order chi connectivity index (χ0) is 65.0. The Morgan fingerprint density at radius 3 is 2.29 bits per heavy atom. The number of nitrogens with zero attached hydrogens (tertiary/aromatic N) is 6. The molecule has 14 nitrogen and oxygen atoms in total. The summed E-state index contributed by atoms with van der Waals surface area (Å²) in [7, 11) is 6.12. The van der Waals surface area contributed by atoms with Gasteiger partial charge in [0.05, 0.1) is 23.0 Å². The Kier molecular flexibility index (Phi) is 29.7. The molecule has 11 atom stereocenters. The van der Waals surface area contributed by atoms with Crippen molar-refractivity contribution in [1.82, 2.24) is 56.4 Å². The largest absolute Gasteiger partial charge is 0.417 e. The van der Waals surface area contributed by atoms with Crippen LogP contribution in [0.15, 0.2) is 71.2 Å². The Bertz CT molecular complexity index is 2470. The highest BCUT2D eigenvalue weighted by Gasteiger charge is 2.54. The number of allylic oxidation sites excluding steroid dienone is 4. The number of piperidine rings is 1. The van der Waals surface area contributed by atoms with Crippen molar-refractivity contribution in [3.63, 3.8) is 0 Å². The lowest BCUT2D eigenvalue weighted by Crippen LogP contribution is -2.75. The number of carbonyl (C=O) groups is 1. The minimum atomic E-state index is -4.52. The number of fused-ring (bicyclic) bond motifs is 2. The first kappa shape index (κ1) is 73.7. The van der Waals surface area contributed by atoms with Crippen LogP contribution in [-0.4, -0.2) is 177 Å². The molecule has 4 heterocycles. The van der Waals surface area contributed by atoms with E-state index in [1.165, 1.54) is 74.9 Å². The smallest absolute Gasteiger partial charge is 0.385 e. The average Bonchev–Trinajstić information content (AvgIpc) is 0.904. The van der Waals surface area contributed by atoms with E-state index in [0.29, 0.717) is 56.2 Å². The summed E-state index contributed by atoms with van der Waals surface area (Å²) in [5.74, 6) is 1.86. The highest BCUT2D eigenvalue weighted by Crippen LogP contribution is 2.41. The topological polar surface area (TPSA) is 127 Å². The lowest BCUT2D eigenvalue weighted by Gasteiger charge is -2.59. The van der Waals surface area contributed by atoms with Crippen molar-refractivity contribution in [2.45, 2.75) is 257 Å². The second-order valence-electron chi connectivity index (χ2n) is 28.7. The number of rotatable bonds is 13. The number of carbonyl (C=O) groups excluding carboxylic acids is 1. The number of benzene rings is 1. The predicted octanol–water partition coefficient (Wildman–Crippen LogP) is 12.7. The molecule has 2 aliphatic carbocycles. The van der Waals surface area contributed by atoms with Crippen LogP contribution in [0.4, 0.5) is 13.2 Å². The molecule has 3 saturated heterocycles. The lowest BCUT2D eigenvalue weighted by molar-refractivity contribution is -0.160. The van der Waals surface area contributed by atoms with Crippen molar-refractivity contribution in [1.29, 1.82) is 0 Å². The molecule has 1 amide bonds. The van der Waals surface area contributed by atoms with Crippen molar-refractivity contribution in [3.8, 4) is 0 Å². The molecule has 1 spiro atoms. The number of hydrogen-bond donors (Lipinski definition) is 6. The Labute approximate surface area is 548 Å². The number of hydrogen-bond acceptors (Lipinski definition) is 13. The van der Waals surface area contributed by atoms with Gasteiger partial charge in [0.1, 0.15) is 0 Å². The number of likely N-dealkylation sites (tertiary alicyclic amines) is 1. The van der Waals surface area contributed by atoms with Crippen molar-refractivity contribution in [2.24, 2.45) is 28.7 Å². The number of aryl methyl sites for hydroxylation is 1. The van der Waals surface area contributed by atoms with Crippen molar-refractivity contribution >= 4 is 23.7 Å². The van der Waals surface area contributed by atoms with Crippen molar-refractivity contribution in [3.05, 3.63) is 82.3 Å². The van der Waals surface area contributed by atoms with Crippen LogP contribution >= 0.6 is 11.6 Å². The van der Waals surface area contributed by atoms with Crippen molar-refractivity contribution < 1.29 is 22.7 Å². The van der Waals surface area contributed by atoms with E-state index in [1.54, 1.807) is 0 Å². The van der Waals surface area contributed by atoms with Crippen LogP contribution in [0.5, 0.6) is 0 Å². The van der Waals surface area contributed by atoms with Gasteiger partial charge in [-0.2, -0.15) is 13.2 Å². The summed E-state index contributed by atoms with van der Waals surface area (Å²) in [6.45, 7) is 28.4. The Hall–Kier alpha value is -3.68. The number of alkyl halides is 3. The molecular weight excluding hydrogens is 1160 g/mol. The van der Waals surface area contributed by atoms with Crippen LogP contribution in [0.2, 0.25) is 5.02 Å². The SMILES string of the molecule is CC[C@H](C)[C@H]1CN[C@@H](CC(C)C)C(C)NCC2[C@@H](C(=O)N3CCCCC3)C(C)N2[C@@H](CCOC)C(C)NC2(CCCC2)CNCCN=CC=C(CCc2ccc(C(F)(F)F)c(Cl)c2)NC=CN(C)C=C(CC2CCCCC2)N(C)C=C2CCCN2[C@@H](C)C(C)N1. The zero-order valence-corrected chi connectivity index (χ0v) is 58.5. The summed E-state index contributed by atoms with van der Waals surface area (Å²) in [6.07, 6.45) is 29.4. The van der Waals surface area contributed by atoms with Crippen LogP contribution in [0.1, 0.15) is 195 Å². The predicted molar refractivity (Wildman–Crippen MR) is 367 cm³/mol. The summed E-state index contributed by atoms with van der Waals surface area (Å²) in [4.78, 5) is 31.7. The Morgan fingerprint density at radius 2 is 1.60 bits per heavy atom. The molecule has 1 aromatic carbocycles. The summed E-state index contributed by atoms with van der Waals surface area (Å²) >= 11 is 6.21. The second kappa shape index (κ2) is 36.3. The van der Waals surface area contributed by atoms with E-state index in [2.05, 4.69) is 145 Å². The van der Waals surface area contributed by atoms with Gasteiger partial charge < -0.3 is 56.2 Å². The average molecular weight is 1280 g/mol. The number of methoxy groups -OCH3 is 1. The molecule has 5 fully saturated rings. The minimum Gasteiger partial charge on any atom is -0.385 e. The summed E-state index contributed by atoms with van der Waals surface area (Å²) < 4.78 is 46.9. The lowest BCUT2D eigenvalue weighted by atomic mass is 9.75. The molecule has 510 valence electrons. The van der Waals surface area contributed by atoms with E-state index in [1.807, 2.05) is 31.8 Å². The van der Waals surface area contributed by atoms with Crippen molar-refractivity contribution in [2.75, 3.05) is 80.2 Å². The summed E-state index contributed by atoms with van der Waals surface area (Å²) in [5.41, 5.74) is 3.38. The van der Waals surface area contributed by atoms with Crippen LogP contribution in [0.25, 0.3) is 0 Å². The molecule has 1 aromatic rings. The highest BCUT2D eigenvalue weighted by molar-refractivity contribution is 6.31. The molecule has 6 N–H and O–H groups in total. The fourth-order valence-electron chi connectivity index (χ4n) is 15.7. The van der Waals surface area contributed by atoms with Gasteiger partial charge in [-0.05, 0) is 153 Å². The van der Waals surface area contributed by atoms with E-state index in [4.69, 9.17) is 21.3 Å². The third kappa shape index (κ3) is 21.4. The zero-order valence-electron chi connectivity index (χ0n) is 57.7. The molecule has 90 heavy (non-hydrogen) atoms. The van der Waals surface area contributed by atoms with Crippen LogP contribution < -0.4 is 31.9 Å². The molecule has 4 aliphatic heterocycles. The third-order valence-electron chi connectivity index (χ3n) is 21.4. The first-order valence-electron chi connectivity index (χ1n) is 35.5. The highest BCUT2D eigenvalue weighted by atomic mass is 35.5. The Morgan fingerprint density at radius 1 is 0.867 bits per heavy atom. The molecule has 2 saturated carbocycles. The number of amides is 1. The molecule has 5 unspecified atom stereocenters. The summed E-state index contributed by atoms with van der Waals surface area (Å²) in [5, 5.41) is 23.8. The molecular formula is C72H122ClF3N12O2. The van der Waals surface area contributed by atoms with Gasteiger partial charge >= 0.3 is 6.18 Å². The minimum absolute atomic E-state index is 0.0483. The fraction of sp³-hybridized carbons (Fsp3) is 0.778. The van der Waals surface area contributed by atoms with Crippen LogP contribution in [0, 0.1) is 23.7 Å². The monoisotopic (exact) mass is 1280 g/mol. The normalized spacial score (nSPS) is 29.8. The molecule has 0 bridgehead atoms. The van der Waals surface area contributed by atoms with E-state index < -0.39 is 11.7 Å². The molecule has 6 aliphatic rings. The van der Waals surface area contributed by atoms with Gasteiger partial charge in [0, 0.05) is 182 Å². The van der Waals surface area contributed by atoms with Gasteiger partial charge in [0.15, 0.2) is 0 Å². The van der Waals surface area contributed by atoms with E-state index >= 15 is 0 Å². The molecule has 7 rings (SSSR count). The summed E-state index contributed by atoms with van der Waals surface area (Å²) in [6, 6.07) is 5.69. The van der Waals surface area contributed by atoms with Gasteiger partial charge in [0.2, 0.25) is 5.91 Å². The van der Waals surface area contributed by atoms with E-state index in [-0.39, 0.29) is 70.9 Å². The van der Waals surface area contributed by atoms with Gasteiger partial charge in [-0.1, -0.05) is 96.7 Å². The number of nitrogens with one attached hydrogen (secondary N) is 6. The van der Waals surface area contributed by atoms with E-state index in [9.17, 15) is 18.0 Å². The van der Waals surface area contributed by atoms with Crippen LogP contribution in [0.3, 0.4) is 0 Å². The van der Waals surface area contributed by atoms with Crippen LogP contribution in [-0.2, 0) is 22.1 Å². The fourth-order valence-corrected chi connectivity index (χ4v) is 16.0. The first-order valence-corrected chi connectivity index (χ1v) is 35.9. The third-order valence-corrected chi connectivity index (χ3v) is 21.8. The Balaban J connectivity index is 1.19. The molecule has 18 heteroatoms. The maximum atomic E-state index is 14.8. The first-order chi connectivity index (χ1) is 43.1. The quantitative estimate of drug-likeness (QED) is 0.113. The standard InChI is InChI=1S/C72H122ClF3N12O2/c1-13-52(4)66-46-81-65(43-51(2)3)54(6)80-47-68-69(70(89)86-38-20-15-21-39-86)57(9)88(68)67(31-42-90-12)55(7)83-71(32-18-19-33-71)50-78-36-35-77-34-30-60(28-26-59-27-29-63(64(73)45-59)72(74,75)76)79-37-41-84(10)48-62(44-58-23-16-14-17-24-58)85(11)49-61-25-22-40-87(61)56(8)53(5)82-66/h27,29-30,34,37,41,45,48-49,51-58,65-69,78-83H,13-26,28,31-33,35-36,38-40,42-44,46-47,50H2,1-12H3/t52-,53?,54?,55?,56-,57?,65-,66+,67-,68?,69-/m0/s1. The number of ether oxygens (including phenoxy) is 1. The molecule has 0 aromatic heterocycles. The van der Waals surface area contributed by atoms with Gasteiger partial charge in [-0.15, -0.1) is 0 Å². The van der Waals surface area contributed by atoms with Gasteiger partial charge in [-0.3, -0.25) is 14.7 Å². The molecule has 0 radical (unpaired) electrons. The van der Waals surface area contributed by atoms with E-state index in [0.717, 1.165) is 121 Å². The second-order valence-corrected chi connectivity index (χ2v) is 29.1.